The lowest BCUT2D eigenvalue weighted by Gasteiger charge is -2.16. The minimum atomic E-state index is -3.28. The Morgan fingerprint density at radius 3 is 2.54 bits per heavy atom. The van der Waals surface area contributed by atoms with Crippen LogP contribution in [-0.2, 0) is 27.8 Å². The Morgan fingerprint density at radius 2 is 1.88 bits per heavy atom. The van der Waals surface area contributed by atoms with Gasteiger partial charge in [-0.05, 0) is 42.7 Å². The van der Waals surface area contributed by atoms with Crippen LogP contribution < -0.4 is 4.31 Å². The van der Waals surface area contributed by atoms with Crippen LogP contribution in [0.4, 0.5) is 5.69 Å². The minimum Gasteiger partial charge on any atom is -0.457 e. The van der Waals surface area contributed by atoms with Crippen molar-refractivity contribution in [1.29, 1.82) is 0 Å². The fourth-order valence-corrected chi connectivity index (χ4v) is 3.72. The van der Waals surface area contributed by atoms with E-state index in [0.29, 0.717) is 24.2 Å². The second kappa shape index (κ2) is 6.28. The molecular weight excluding hydrogens is 326 g/mol. The van der Waals surface area contributed by atoms with Crippen LogP contribution in [0, 0.1) is 6.92 Å². The molecule has 1 aliphatic heterocycles. The molecule has 6 heteroatoms. The molecule has 2 aromatic rings. The van der Waals surface area contributed by atoms with Crippen LogP contribution in [0.5, 0.6) is 0 Å². The molecule has 0 aromatic heterocycles. The predicted molar refractivity (Wildman–Crippen MR) is 92.6 cm³/mol. The molecule has 3 rings (SSSR count). The van der Waals surface area contributed by atoms with Crippen LogP contribution in [0.3, 0.4) is 0 Å². The van der Waals surface area contributed by atoms with Gasteiger partial charge in [-0.2, -0.15) is 0 Å². The molecule has 0 aliphatic carbocycles. The van der Waals surface area contributed by atoms with E-state index in [1.807, 2.05) is 31.2 Å². The first-order valence-electron chi connectivity index (χ1n) is 7.68. The Labute approximate surface area is 141 Å². The smallest absolute Gasteiger partial charge is 0.338 e. The fourth-order valence-electron chi connectivity index (χ4n) is 2.76. The summed E-state index contributed by atoms with van der Waals surface area (Å²) in [5.74, 6) is -0.406. The number of hydrogen-bond donors (Lipinski definition) is 0. The third-order valence-corrected chi connectivity index (χ3v) is 5.24. The molecule has 24 heavy (non-hydrogen) atoms. The molecular formula is C18H19NO4S. The summed E-state index contributed by atoms with van der Waals surface area (Å²) in [5, 5.41) is 0. The number of benzene rings is 2. The van der Waals surface area contributed by atoms with Gasteiger partial charge in [0.25, 0.3) is 0 Å². The van der Waals surface area contributed by atoms with E-state index in [2.05, 4.69) is 0 Å². The van der Waals surface area contributed by atoms with Gasteiger partial charge in [0.15, 0.2) is 0 Å². The minimum absolute atomic E-state index is 0.214. The summed E-state index contributed by atoms with van der Waals surface area (Å²) in [4.78, 5) is 12.2. The number of sulfonamides is 1. The van der Waals surface area contributed by atoms with Gasteiger partial charge in [0.2, 0.25) is 10.0 Å². The molecule has 126 valence electrons. The largest absolute Gasteiger partial charge is 0.457 e. The molecule has 0 unspecified atom stereocenters. The highest BCUT2D eigenvalue weighted by atomic mass is 32.2. The molecule has 0 fully saturated rings. The quantitative estimate of drug-likeness (QED) is 0.799. The summed E-state index contributed by atoms with van der Waals surface area (Å²) in [6.07, 6.45) is 1.79. The molecule has 2 aromatic carbocycles. The van der Waals surface area contributed by atoms with Crippen LogP contribution in [0.25, 0.3) is 0 Å². The first kappa shape index (κ1) is 16.5. The SMILES string of the molecule is Cc1ccc(COC(=O)c2ccc3c(c2)CCN3S(C)(=O)=O)cc1. The highest BCUT2D eigenvalue weighted by Gasteiger charge is 2.26. The van der Waals surface area contributed by atoms with Crippen molar-refractivity contribution in [1.82, 2.24) is 0 Å². The molecule has 0 atom stereocenters. The number of hydrogen-bond acceptors (Lipinski definition) is 4. The van der Waals surface area contributed by atoms with Crippen molar-refractivity contribution in [2.45, 2.75) is 20.0 Å². The monoisotopic (exact) mass is 345 g/mol. The molecule has 0 saturated heterocycles. The highest BCUT2D eigenvalue weighted by Crippen LogP contribution is 2.30. The maximum atomic E-state index is 12.2. The summed E-state index contributed by atoms with van der Waals surface area (Å²) >= 11 is 0. The first-order valence-corrected chi connectivity index (χ1v) is 9.53. The van der Waals surface area contributed by atoms with E-state index in [9.17, 15) is 13.2 Å². The Kier molecular flexibility index (Phi) is 4.32. The van der Waals surface area contributed by atoms with Crippen molar-refractivity contribution in [3.8, 4) is 0 Å². The molecule has 0 N–H and O–H groups in total. The van der Waals surface area contributed by atoms with E-state index in [1.54, 1.807) is 18.2 Å². The lowest BCUT2D eigenvalue weighted by atomic mass is 10.1. The van der Waals surface area contributed by atoms with E-state index in [1.165, 1.54) is 10.6 Å². The van der Waals surface area contributed by atoms with Crippen molar-refractivity contribution >= 4 is 21.7 Å². The predicted octanol–water partition coefficient (Wildman–Crippen LogP) is 2.67. The molecule has 5 nitrogen and oxygen atoms in total. The number of esters is 1. The van der Waals surface area contributed by atoms with E-state index in [4.69, 9.17) is 4.74 Å². The summed E-state index contributed by atoms with van der Waals surface area (Å²) in [7, 11) is -3.28. The van der Waals surface area contributed by atoms with Crippen LogP contribution in [0.2, 0.25) is 0 Å². The lowest BCUT2D eigenvalue weighted by Crippen LogP contribution is -2.27. The van der Waals surface area contributed by atoms with E-state index >= 15 is 0 Å². The van der Waals surface area contributed by atoms with E-state index < -0.39 is 16.0 Å². The molecule has 0 radical (unpaired) electrons. The van der Waals surface area contributed by atoms with Gasteiger partial charge in [-0.1, -0.05) is 29.8 Å². The maximum Gasteiger partial charge on any atom is 0.338 e. The first-order chi connectivity index (χ1) is 11.3. The topological polar surface area (TPSA) is 63.7 Å². The highest BCUT2D eigenvalue weighted by molar-refractivity contribution is 7.92. The Hall–Kier alpha value is -2.34. The van der Waals surface area contributed by atoms with Gasteiger partial charge >= 0.3 is 5.97 Å². The van der Waals surface area contributed by atoms with Gasteiger partial charge in [-0.3, -0.25) is 4.31 Å². The number of nitrogens with zero attached hydrogens (tertiary/aromatic N) is 1. The van der Waals surface area contributed by atoms with E-state index in [-0.39, 0.29) is 6.61 Å². The average Bonchev–Trinajstić information content (AvgIpc) is 2.97. The summed E-state index contributed by atoms with van der Waals surface area (Å²) in [5.41, 5.74) is 4.02. The zero-order chi connectivity index (χ0) is 17.3. The van der Waals surface area contributed by atoms with Crippen molar-refractivity contribution in [2.75, 3.05) is 17.1 Å². The van der Waals surface area contributed by atoms with Crippen molar-refractivity contribution in [3.63, 3.8) is 0 Å². The van der Waals surface area contributed by atoms with Crippen molar-refractivity contribution in [2.24, 2.45) is 0 Å². The third-order valence-electron chi connectivity index (χ3n) is 4.06. The molecule has 0 amide bonds. The number of anilines is 1. The van der Waals surface area contributed by atoms with Crippen LogP contribution in [0.1, 0.15) is 27.0 Å². The fraction of sp³-hybridized carbons (Fsp3) is 0.278. The summed E-state index contributed by atoms with van der Waals surface area (Å²) in [6, 6.07) is 12.8. The van der Waals surface area contributed by atoms with Crippen molar-refractivity contribution in [3.05, 3.63) is 64.7 Å². The number of carbonyl (C=O) groups excluding carboxylic acids is 1. The van der Waals surface area contributed by atoms with Crippen LogP contribution in [-0.4, -0.2) is 27.2 Å². The van der Waals surface area contributed by atoms with Gasteiger partial charge in [-0.15, -0.1) is 0 Å². The lowest BCUT2D eigenvalue weighted by molar-refractivity contribution is 0.0472. The summed E-state index contributed by atoms with van der Waals surface area (Å²) in [6.45, 7) is 2.63. The van der Waals surface area contributed by atoms with Gasteiger partial charge in [0, 0.05) is 6.54 Å². The van der Waals surface area contributed by atoms with Gasteiger partial charge in [0.1, 0.15) is 6.61 Å². The van der Waals surface area contributed by atoms with Gasteiger partial charge in [-0.25, -0.2) is 13.2 Å². The molecule has 1 heterocycles. The van der Waals surface area contributed by atoms with Crippen molar-refractivity contribution < 1.29 is 17.9 Å². The normalized spacial score (nSPS) is 13.7. The van der Waals surface area contributed by atoms with Crippen LogP contribution >= 0.6 is 0 Å². The number of carbonyl (C=O) groups is 1. The molecule has 0 saturated carbocycles. The van der Waals surface area contributed by atoms with Gasteiger partial charge in [0.05, 0.1) is 17.5 Å². The molecule has 0 spiro atoms. The Bertz CT molecular complexity index is 872. The number of aryl methyl sites for hydroxylation is 1. The second-order valence-electron chi connectivity index (χ2n) is 5.99. The van der Waals surface area contributed by atoms with E-state index in [0.717, 1.165) is 16.7 Å². The second-order valence-corrected chi connectivity index (χ2v) is 7.90. The molecule has 1 aliphatic rings. The number of rotatable bonds is 4. The average molecular weight is 345 g/mol. The third kappa shape index (κ3) is 3.43. The summed E-state index contributed by atoms with van der Waals surface area (Å²) < 4.78 is 30.2. The Balaban J connectivity index is 1.72. The zero-order valence-electron chi connectivity index (χ0n) is 13.7. The van der Waals surface area contributed by atoms with Gasteiger partial charge < -0.3 is 4.74 Å². The number of ether oxygens (including phenoxy) is 1. The zero-order valence-corrected chi connectivity index (χ0v) is 14.5. The Morgan fingerprint density at radius 1 is 1.17 bits per heavy atom. The molecule has 0 bridgehead atoms. The van der Waals surface area contributed by atoms with Crippen LogP contribution in [0.15, 0.2) is 42.5 Å². The maximum absolute atomic E-state index is 12.2. The number of fused-ring (bicyclic) bond motifs is 1. The standard InChI is InChI=1S/C18H19NO4S/c1-13-3-5-14(6-4-13)12-23-18(20)16-7-8-17-15(11-16)9-10-19(17)24(2,21)22/h3-8,11H,9-10,12H2,1-2H3.